The lowest BCUT2D eigenvalue weighted by Crippen LogP contribution is -2.29. The Morgan fingerprint density at radius 1 is 0.550 bits per heavy atom. The first-order valence-electron chi connectivity index (χ1n) is 15.6. The van der Waals surface area contributed by atoms with Crippen molar-refractivity contribution < 1.29 is 15.5 Å². The van der Waals surface area contributed by atoms with Crippen LogP contribution in [0.15, 0.2) is 109 Å². The van der Waals surface area contributed by atoms with E-state index in [9.17, 15) is 10.0 Å². The third-order valence-corrected chi connectivity index (χ3v) is 8.76. The summed E-state index contributed by atoms with van der Waals surface area (Å²) in [6.07, 6.45) is 0. The van der Waals surface area contributed by atoms with Crippen LogP contribution in [0.1, 0.15) is 55.4 Å². The molecule has 5 aromatic rings. The normalized spacial score (nSPS) is 16.6. The maximum Gasteiger partial charge on any atom is 0.488 e. The van der Waals surface area contributed by atoms with Crippen LogP contribution in [0.4, 0.5) is 17.1 Å². The van der Waals surface area contributed by atoms with Gasteiger partial charge in [0, 0.05) is 27.9 Å². The number of nitrogens with zero attached hydrogens (tertiary/aromatic N) is 1. The second-order valence-corrected chi connectivity index (χ2v) is 11.8. The quantitative estimate of drug-likeness (QED) is 0.240. The van der Waals surface area contributed by atoms with Gasteiger partial charge in [0.2, 0.25) is 0 Å². The Kier molecular flexibility index (Phi) is 4.51. The van der Waals surface area contributed by atoms with Gasteiger partial charge in [-0.15, -0.1) is 0 Å². The summed E-state index contributed by atoms with van der Waals surface area (Å²) < 4.78 is 35.3. The Balaban J connectivity index is 1.50. The molecule has 2 N–H and O–H groups in total. The molecule has 40 heavy (non-hydrogen) atoms. The van der Waals surface area contributed by atoms with Crippen LogP contribution < -0.4 is 10.4 Å². The first-order chi connectivity index (χ1) is 20.9. The molecule has 0 heterocycles. The first kappa shape index (κ1) is 20.7. The smallest absolute Gasteiger partial charge is 0.423 e. The number of hydrogen-bond donors (Lipinski definition) is 2. The van der Waals surface area contributed by atoms with E-state index in [1.54, 1.807) is 4.90 Å². The lowest BCUT2D eigenvalue weighted by molar-refractivity contribution is 0.426. The number of rotatable bonds is 4. The number of anilines is 3. The average molecular weight is 525 g/mol. The predicted octanol–water partition coefficient (Wildman–Crippen LogP) is 7.45. The maximum atomic E-state index is 9.93. The molecule has 0 unspecified atom stereocenters. The van der Waals surface area contributed by atoms with Gasteiger partial charge in [0.1, 0.15) is 0 Å². The van der Waals surface area contributed by atoms with Crippen molar-refractivity contribution in [2.75, 3.05) is 4.90 Å². The highest BCUT2D eigenvalue weighted by Crippen LogP contribution is 2.52. The van der Waals surface area contributed by atoms with Gasteiger partial charge in [0.05, 0.1) is 5.48 Å². The molecule has 0 saturated carbocycles. The van der Waals surface area contributed by atoms with Crippen molar-refractivity contribution in [3.63, 3.8) is 0 Å². The summed E-state index contributed by atoms with van der Waals surface area (Å²) in [5.41, 5.74) is 9.64. The number of benzene rings is 5. The van der Waals surface area contributed by atoms with E-state index in [0.717, 1.165) is 22.3 Å². The summed E-state index contributed by atoms with van der Waals surface area (Å²) >= 11 is 0. The maximum absolute atomic E-state index is 9.93. The first-order valence-corrected chi connectivity index (χ1v) is 13.6. The van der Waals surface area contributed by atoms with Crippen molar-refractivity contribution in [1.82, 2.24) is 0 Å². The summed E-state index contributed by atoms with van der Waals surface area (Å²) in [4.78, 5) is 1.78. The molecule has 0 aliphatic heterocycles. The minimum absolute atomic E-state index is 0.0472. The largest absolute Gasteiger partial charge is 0.488 e. The zero-order valence-electron chi connectivity index (χ0n) is 27.0. The van der Waals surface area contributed by atoms with E-state index in [-0.39, 0.29) is 28.6 Å². The monoisotopic (exact) mass is 525 g/mol. The molecule has 4 heteroatoms. The third kappa shape index (κ3) is 3.53. The minimum atomic E-state index is -2.13. The molecule has 3 nitrogen and oxygen atoms in total. The Morgan fingerprint density at radius 2 is 0.975 bits per heavy atom. The molecule has 0 radical (unpaired) electrons. The van der Waals surface area contributed by atoms with E-state index in [0.29, 0.717) is 11.4 Å². The van der Waals surface area contributed by atoms with E-state index >= 15 is 0 Å². The highest BCUT2D eigenvalue weighted by atomic mass is 16.4. The SMILES string of the molecule is [2H]c1c([2H])c(N(c2ccc3c(c2)C(C)(C)c2ccccc2-3)c2ccc3c(c2)C(C)(C)c2ccccc2-3)c([2H])c([2H])c1B(O)O. The standard InChI is InChI=1S/C36H32BNO2/c1-35(2)31-11-7-5-9-27(31)29-19-17-25(21-33(29)35)38(24-15-13-23(14-16-24)37(39)40)26-18-20-30-28-10-6-8-12-32(28)36(3,4)34(30)22-26/h5-22,39-40H,1-4H3/i13D,14D,15D,16D. The molecule has 0 amide bonds. The van der Waals surface area contributed by atoms with Gasteiger partial charge < -0.3 is 14.9 Å². The highest BCUT2D eigenvalue weighted by Gasteiger charge is 2.37. The second kappa shape index (κ2) is 8.69. The van der Waals surface area contributed by atoms with Gasteiger partial charge in [-0.2, -0.15) is 0 Å². The molecule has 2 aliphatic carbocycles. The van der Waals surface area contributed by atoms with Crippen molar-refractivity contribution in [1.29, 1.82) is 0 Å². The fourth-order valence-corrected chi connectivity index (χ4v) is 6.63. The van der Waals surface area contributed by atoms with Gasteiger partial charge in [-0.25, -0.2) is 0 Å². The van der Waals surface area contributed by atoms with E-state index < -0.39 is 24.7 Å². The van der Waals surface area contributed by atoms with Gasteiger partial charge in [0.25, 0.3) is 0 Å². The zero-order chi connectivity index (χ0) is 31.3. The Morgan fingerprint density at radius 3 is 1.43 bits per heavy atom. The summed E-state index contributed by atoms with van der Waals surface area (Å²) in [5.74, 6) is 0. The fraction of sp³-hybridized carbons (Fsp3) is 0.167. The summed E-state index contributed by atoms with van der Waals surface area (Å²) in [5, 5.41) is 19.9. The van der Waals surface area contributed by atoms with Crippen LogP contribution in [0.3, 0.4) is 0 Å². The molecule has 7 rings (SSSR count). The average Bonchev–Trinajstić information content (AvgIpc) is 3.37. The van der Waals surface area contributed by atoms with E-state index in [2.05, 4.69) is 76.2 Å². The minimum Gasteiger partial charge on any atom is -0.423 e. The van der Waals surface area contributed by atoms with Gasteiger partial charge in [0.15, 0.2) is 0 Å². The Labute approximate surface area is 242 Å². The molecule has 0 aromatic heterocycles. The highest BCUT2D eigenvalue weighted by molar-refractivity contribution is 6.58. The molecule has 196 valence electrons. The van der Waals surface area contributed by atoms with E-state index in [4.69, 9.17) is 5.48 Å². The van der Waals surface area contributed by atoms with Crippen LogP contribution in [-0.2, 0) is 10.8 Å². The van der Waals surface area contributed by atoms with Crippen LogP contribution in [0.2, 0.25) is 0 Å². The van der Waals surface area contributed by atoms with Crippen molar-refractivity contribution in [3.8, 4) is 22.3 Å². The summed E-state index contributed by atoms with van der Waals surface area (Å²) in [6, 6.07) is 27.3. The van der Waals surface area contributed by atoms with Crippen LogP contribution >= 0.6 is 0 Å². The third-order valence-electron chi connectivity index (χ3n) is 8.76. The zero-order valence-corrected chi connectivity index (χ0v) is 23.0. The molecule has 0 atom stereocenters. The Bertz CT molecular complexity index is 1880. The van der Waals surface area contributed by atoms with E-state index in [1.807, 2.05) is 36.4 Å². The molecule has 0 saturated heterocycles. The van der Waals surface area contributed by atoms with Crippen molar-refractivity contribution in [2.24, 2.45) is 0 Å². The van der Waals surface area contributed by atoms with Crippen LogP contribution in [0.5, 0.6) is 0 Å². The van der Waals surface area contributed by atoms with Gasteiger partial charge in [-0.05, 0) is 86.3 Å². The van der Waals surface area contributed by atoms with Gasteiger partial charge in [-0.3, -0.25) is 0 Å². The van der Waals surface area contributed by atoms with Gasteiger partial charge >= 0.3 is 7.12 Å². The Hall–Kier alpha value is -4.12. The summed E-state index contributed by atoms with van der Waals surface area (Å²) in [6.45, 7) is 8.75. The van der Waals surface area contributed by atoms with Crippen LogP contribution in [0.25, 0.3) is 22.3 Å². The molecule has 0 bridgehead atoms. The van der Waals surface area contributed by atoms with Crippen molar-refractivity contribution in [2.45, 2.75) is 38.5 Å². The molecule has 0 fully saturated rings. The lowest BCUT2D eigenvalue weighted by atomic mass is 9.80. The van der Waals surface area contributed by atoms with E-state index in [1.165, 1.54) is 22.3 Å². The van der Waals surface area contributed by atoms with Crippen LogP contribution in [-0.4, -0.2) is 17.2 Å². The second-order valence-electron chi connectivity index (χ2n) is 11.8. The molecule has 5 aromatic carbocycles. The van der Waals surface area contributed by atoms with Crippen LogP contribution in [0, 0.1) is 0 Å². The topological polar surface area (TPSA) is 43.7 Å². The molecular formula is C36H32BNO2. The predicted molar refractivity (Wildman–Crippen MR) is 166 cm³/mol. The van der Waals surface area contributed by atoms with Crippen molar-refractivity contribution >= 4 is 29.6 Å². The number of hydrogen-bond acceptors (Lipinski definition) is 3. The fourth-order valence-electron chi connectivity index (χ4n) is 6.63. The lowest BCUT2D eigenvalue weighted by Gasteiger charge is -2.30. The van der Waals surface area contributed by atoms with Crippen molar-refractivity contribution in [3.05, 3.63) is 131 Å². The number of fused-ring (bicyclic) bond motifs is 6. The van der Waals surface area contributed by atoms with Gasteiger partial charge in [-0.1, -0.05) is 100 Å². The summed E-state index contributed by atoms with van der Waals surface area (Å²) in [7, 11) is -2.13. The molecule has 0 spiro atoms. The molecular weight excluding hydrogens is 489 g/mol. The molecule has 2 aliphatic rings.